The number of rotatable bonds is 2. The minimum absolute atomic E-state index is 0.196. The molecule has 0 bridgehead atoms. The third kappa shape index (κ3) is 2.07. The largest absolute Gasteiger partial charge is 0.340 e. The van der Waals surface area contributed by atoms with Gasteiger partial charge in [0.2, 0.25) is 5.95 Å². The summed E-state index contributed by atoms with van der Waals surface area (Å²) in [6.07, 6.45) is 1.55. The van der Waals surface area contributed by atoms with Crippen molar-refractivity contribution in [3.63, 3.8) is 0 Å². The van der Waals surface area contributed by atoms with Gasteiger partial charge >= 0.3 is 0 Å². The normalized spacial score (nSPS) is 12.8. The van der Waals surface area contributed by atoms with Crippen molar-refractivity contribution in [1.82, 2.24) is 14.7 Å². The molecule has 0 atom stereocenters. The van der Waals surface area contributed by atoms with Crippen LogP contribution in [0, 0.1) is 5.95 Å². The standard InChI is InChI=1S/C21H14FN3O/c22-20-19(23-17-11-5-6-12-25(17)20)21(26)24-18-15-9-3-1-7-13(15)14-8-2-4-10-16(14)18/h1-12,18H,(H,24,26). The van der Waals surface area contributed by atoms with Crippen LogP contribution in [0.2, 0.25) is 0 Å². The molecule has 5 heteroatoms. The van der Waals surface area contributed by atoms with Crippen LogP contribution in [0.5, 0.6) is 0 Å². The Kier molecular flexibility index (Phi) is 3.15. The number of carbonyl (C=O) groups excluding carboxylic acids is 1. The van der Waals surface area contributed by atoms with Crippen LogP contribution >= 0.6 is 0 Å². The van der Waals surface area contributed by atoms with E-state index in [-0.39, 0.29) is 11.7 Å². The van der Waals surface area contributed by atoms with Gasteiger partial charge in [0.05, 0.1) is 6.04 Å². The SMILES string of the molecule is O=C(NC1c2ccccc2-c2ccccc21)c1nc2ccccn2c1F. The highest BCUT2D eigenvalue weighted by Crippen LogP contribution is 2.43. The molecule has 0 aliphatic heterocycles. The van der Waals surface area contributed by atoms with Gasteiger partial charge in [-0.15, -0.1) is 0 Å². The molecule has 2 aromatic heterocycles. The van der Waals surface area contributed by atoms with Crippen LogP contribution in [0.25, 0.3) is 16.8 Å². The second-order valence-corrected chi connectivity index (χ2v) is 6.26. The Labute approximate surface area is 148 Å². The summed E-state index contributed by atoms with van der Waals surface area (Å²) in [6, 6.07) is 20.7. The lowest BCUT2D eigenvalue weighted by Gasteiger charge is -2.15. The zero-order chi connectivity index (χ0) is 17.7. The molecule has 1 aliphatic rings. The fourth-order valence-corrected chi connectivity index (χ4v) is 3.62. The van der Waals surface area contributed by atoms with Gasteiger partial charge in [-0.2, -0.15) is 4.39 Å². The molecule has 0 fully saturated rings. The van der Waals surface area contributed by atoms with Crippen molar-refractivity contribution in [1.29, 1.82) is 0 Å². The number of benzene rings is 2. The maximum Gasteiger partial charge on any atom is 0.275 e. The molecular formula is C21H14FN3O. The van der Waals surface area contributed by atoms with E-state index in [0.717, 1.165) is 22.3 Å². The molecule has 2 aromatic carbocycles. The van der Waals surface area contributed by atoms with Crippen molar-refractivity contribution in [2.45, 2.75) is 6.04 Å². The number of nitrogens with zero attached hydrogens (tertiary/aromatic N) is 2. The zero-order valence-corrected chi connectivity index (χ0v) is 13.7. The quantitative estimate of drug-likeness (QED) is 0.598. The van der Waals surface area contributed by atoms with Crippen molar-refractivity contribution < 1.29 is 9.18 Å². The number of halogens is 1. The number of amides is 1. The Morgan fingerprint density at radius 3 is 2.19 bits per heavy atom. The van der Waals surface area contributed by atoms with E-state index in [1.165, 1.54) is 4.40 Å². The highest BCUT2D eigenvalue weighted by molar-refractivity contribution is 5.94. The summed E-state index contributed by atoms with van der Waals surface area (Å²) >= 11 is 0. The number of hydrogen-bond acceptors (Lipinski definition) is 2. The highest BCUT2D eigenvalue weighted by Gasteiger charge is 2.31. The molecule has 4 nitrogen and oxygen atoms in total. The first-order valence-corrected chi connectivity index (χ1v) is 8.36. The maximum atomic E-state index is 14.6. The van der Waals surface area contributed by atoms with E-state index in [1.54, 1.807) is 24.4 Å². The molecule has 5 rings (SSSR count). The van der Waals surface area contributed by atoms with Crippen molar-refractivity contribution in [2.24, 2.45) is 0 Å². The Morgan fingerprint density at radius 1 is 0.923 bits per heavy atom. The predicted molar refractivity (Wildman–Crippen MR) is 96.3 cm³/mol. The Balaban J connectivity index is 1.57. The molecule has 26 heavy (non-hydrogen) atoms. The average Bonchev–Trinajstić information content (AvgIpc) is 3.19. The molecular weight excluding hydrogens is 329 g/mol. The molecule has 4 aromatic rings. The lowest BCUT2D eigenvalue weighted by Crippen LogP contribution is -2.29. The van der Waals surface area contributed by atoms with E-state index in [9.17, 15) is 9.18 Å². The van der Waals surface area contributed by atoms with Gasteiger partial charge in [-0.25, -0.2) is 4.98 Å². The molecule has 0 saturated heterocycles. The molecule has 0 saturated carbocycles. The van der Waals surface area contributed by atoms with Crippen LogP contribution in [0.3, 0.4) is 0 Å². The molecule has 1 amide bonds. The Morgan fingerprint density at radius 2 is 1.54 bits per heavy atom. The summed E-state index contributed by atoms with van der Waals surface area (Å²) in [7, 11) is 0. The summed E-state index contributed by atoms with van der Waals surface area (Å²) < 4.78 is 15.9. The minimum atomic E-state index is -0.655. The van der Waals surface area contributed by atoms with E-state index in [4.69, 9.17) is 0 Å². The Hall–Kier alpha value is -3.47. The number of pyridine rings is 1. The van der Waals surface area contributed by atoms with Crippen molar-refractivity contribution in [3.8, 4) is 11.1 Å². The summed E-state index contributed by atoms with van der Waals surface area (Å²) in [4.78, 5) is 16.9. The summed E-state index contributed by atoms with van der Waals surface area (Å²) in [5, 5.41) is 2.95. The van der Waals surface area contributed by atoms with Crippen LogP contribution in [-0.4, -0.2) is 15.3 Å². The smallest absolute Gasteiger partial charge is 0.275 e. The van der Waals surface area contributed by atoms with Gasteiger partial charge in [-0.3, -0.25) is 9.20 Å². The second-order valence-electron chi connectivity index (χ2n) is 6.26. The van der Waals surface area contributed by atoms with Crippen LogP contribution in [0.4, 0.5) is 4.39 Å². The van der Waals surface area contributed by atoms with Gasteiger partial charge in [0, 0.05) is 6.20 Å². The average molecular weight is 343 g/mol. The fraction of sp³-hybridized carbons (Fsp3) is 0.0476. The minimum Gasteiger partial charge on any atom is -0.340 e. The molecule has 0 unspecified atom stereocenters. The zero-order valence-electron chi connectivity index (χ0n) is 13.7. The van der Waals surface area contributed by atoms with E-state index in [1.807, 2.05) is 48.5 Å². The molecule has 1 N–H and O–H groups in total. The lowest BCUT2D eigenvalue weighted by molar-refractivity contribution is 0.0934. The number of hydrogen-bond donors (Lipinski definition) is 1. The molecule has 2 heterocycles. The van der Waals surface area contributed by atoms with E-state index < -0.39 is 11.9 Å². The van der Waals surface area contributed by atoms with Gasteiger partial charge in [-0.05, 0) is 34.4 Å². The van der Waals surface area contributed by atoms with Crippen LogP contribution in [-0.2, 0) is 0 Å². The molecule has 126 valence electrons. The van der Waals surface area contributed by atoms with Gasteiger partial charge < -0.3 is 5.32 Å². The van der Waals surface area contributed by atoms with E-state index >= 15 is 0 Å². The Bertz CT molecular complexity index is 1120. The summed E-state index contributed by atoms with van der Waals surface area (Å²) in [5.74, 6) is -1.18. The second kappa shape index (κ2) is 5.52. The molecule has 0 radical (unpaired) electrons. The summed E-state index contributed by atoms with van der Waals surface area (Å²) in [6.45, 7) is 0. The van der Waals surface area contributed by atoms with Gasteiger partial charge in [-0.1, -0.05) is 54.6 Å². The number of aromatic nitrogens is 2. The van der Waals surface area contributed by atoms with Crippen molar-refractivity contribution >= 4 is 11.6 Å². The van der Waals surface area contributed by atoms with Crippen LogP contribution in [0.1, 0.15) is 27.7 Å². The lowest BCUT2D eigenvalue weighted by atomic mass is 10.1. The monoisotopic (exact) mass is 343 g/mol. The highest BCUT2D eigenvalue weighted by atomic mass is 19.1. The van der Waals surface area contributed by atoms with Crippen LogP contribution < -0.4 is 5.32 Å². The molecule has 1 aliphatic carbocycles. The van der Waals surface area contributed by atoms with Gasteiger partial charge in [0.25, 0.3) is 5.91 Å². The van der Waals surface area contributed by atoms with Crippen molar-refractivity contribution in [3.05, 3.63) is 95.7 Å². The third-order valence-corrected chi connectivity index (χ3v) is 4.80. The topological polar surface area (TPSA) is 46.4 Å². The fourth-order valence-electron chi connectivity index (χ4n) is 3.62. The number of nitrogens with one attached hydrogen (secondary N) is 1. The first kappa shape index (κ1) is 14.8. The first-order chi connectivity index (χ1) is 12.7. The number of carbonyl (C=O) groups is 1. The molecule has 0 spiro atoms. The summed E-state index contributed by atoms with van der Waals surface area (Å²) in [5.41, 5.74) is 4.39. The third-order valence-electron chi connectivity index (χ3n) is 4.80. The van der Waals surface area contributed by atoms with Gasteiger partial charge in [0.15, 0.2) is 5.69 Å². The maximum absolute atomic E-state index is 14.6. The van der Waals surface area contributed by atoms with Crippen LogP contribution in [0.15, 0.2) is 72.9 Å². The number of fused-ring (bicyclic) bond motifs is 4. The van der Waals surface area contributed by atoms with E-state index in [2.05, 4.69) is 10.3 Å². The first-order valence-electron chi connectivity index (χ1n) is 8.36. The van der Waals surface area contributed by atoms with Gasteiger partial charge in [0.1, 0.15) is 5.65 Å². The predicted octanol–water partition coefficient (Wildman–Crippen LogP) is 3.97. The van der Waals surface area contributed by atoms with E-state index in [0.29, 0.717) is 5.65 Å². The van der Waals surface area contributed by atoms with Crippen molar-refractivity contribution in [2.75, 3.05) is 0 Å². The number of imidazole rings is 1.